The Labute approximate surface area is 160 Å². The first-order valence-electron chi connectivity index (χ1n) is 8.38. The van der Waals surface area contributed by atoms with Gasteiger partial charge in [-0.3, -0.25) is 4.79 Å². The standard InChI is InChI=1S/C20H17BrN4O/c1-13-12-15(6-7-16(13)21)22-19-9-8-17(23-24-19)20(26)25-11-10-14-4-2-3-5-18(14)25/h2-9,12H,10-11H2,1H3,(H,22,24). The molecular weight excluding hydrogens is 392 g/mol. The minimum atomic E-state index is -0.117. The van der Waals surface area contributed by atoms with Crippen LogP contribution in [0.5, 0.6) is 0 Å². The number of aromatic nitrogens is 2. The van der Waals surface area contributed by atoms with Gasteiger partial charge in [-0.2, -0.15) is 0 Å². The van der Waals surface area contributed by atoms with Crippen LogP contribution < -0.4 is 10.2 Å². The zero-order chi connectivity index (χ0) is 18.1. The van der Waals surface area contributed by atoms with Crippen molar-refractivity contribution in [3.8, 4) is 0 Å². The van der Waals surface area contributed by atoms with Gasteiger partial charge in [0.25, 0.3) is 5.91 Å². The van der Waals surface area contributed by atoms with Gasteiger partial charge in [0.15, 0.2) is 11.5 Å². The Morgan fingerprint density at radius 1 is 1.12 bits per heavy atom. The Morgan fingerprint density at radius 3 is 2.73 bits per heavy atom. The van der Waals surface area contributed by atoms with Gasteiger partial charge in [-0.1, -0.05) is 34.1 Å². The molecule has 1 aliphatic heterocycles. The van der Waals surface area contributed by atoms with Crippen LogP contribution in [0.3, 0.4) is 0 Å². The van der Waals surface area contributed by atoms with Gasteiger partial charge in [-0.15, -0.1) is 10.2 Å². The number of benzene rings is 2. The molecule has 2 aromatic carbocycles. The van der Waals surface area contributed by atoms with Crippen molar-refractivity contribution in [1.29, 1.82) is 0 Å². The average Bonchev–Trinajstić information content (AvgIpc) is 3.09. The summed E-state index contributed by atoms with van der Waals surface area (Å²) in [5.74, 6) is 0.485. The normalized spacial score (nSPS) is 12.8. The number of carbonyl (C=O) groups excluding carboxylic acids is 1. The van der Waals surface area contributed by atoms with E-state index >= 15 is 0 Å². The van der Waals surface area contributed by atoms with Crippen molar-refractivity contribution in [3.05, 3.63) is 75.9 Å². The highest BCUT2D eigenvalue weighted by Crippen LogP contribution is 2.28. The van der Waals surface area contributed by atoms with E-state index in [4.69, 9.17) is 0 Å². The van der Waals surface area contributed by atoms with Crippen LogP contribution in [0.25, 0.3) is 0 Å². The Morgan fingerprint density at radius 2 is 1.96 bits per heavy atom. The molecule has 0 radical (unpaired) electrons. The summed E-state index contributed by atoms with van der Waals surface area (Å²) in [7, 11) is 0. The highest BCUT2D eigenvalue weighted by Gasteiger charge is 2.26. The smallest absolute Gasteiger partial charge is 0.278 e. The second kappa shape index (κ2) is 6.88. The fraction of sp³-hybridized carbons (Fsp3) is 0.150. The van der Waals surface area contributed by atoms with Crippen LogP contribution in [0.2, 0.25) is 0 Å². The topological polar surface area (TPSA) is 58.1 Å². The number of hydrogen-bond donors (Lipinski definition) is 1. The van der Waals surface area contributed by atoms with Crippen molar-refractivity contribution in [3.63, 3.8) is 0 Å². The number of amides is 1. The second-order valence-corrected chi connectivity index (χ2v) is 7.08. The molecule has 1 N–H and O–H groups in total. The molecule has 0 atom stereocenters. The van der Waals surface area contributed by atoms with Crippen LogP contribution >= 0.6 is 15.9 Å². The van der Waals surface area contributed by atoms with Crippen molar-refractivity contribution >= 4 is 39.0 Å². The van der Waals surface area contributed by atoms with Crippen LogP contribution in [0.15, 0.2) is 59.1 Å². The van der Waals surface area contributed by atoms with Crippen LogP contribution in [-0.4, -0.2) is 22.6 Å². The summed E-state index contributed by atoms with van der Waals surface area (Å²) < 4.78 is 1.06. The third-order valence-electron chi connectivity index (χ3n) is 4.45. The first-order valence-corrected chi connectivity index (χ1v) is 9.18. The van der Waals surface area contributed by atoms with E-state index in [1.807, 2.05) is 43.3 Å². The molecule has 2 heterocycles. The van der Waals surface area contributed by atoms with Gasteiger partial charge in [-0.05, 0) is 60.9 Å². The lowest BCUT2D eigenvalue weighted by atomic mass is 10.2. The summed E-state index contributed by atoms with van der Waals surface area (Å²) >= 11 is 3.49. The molecule has 0 bridgehead atoms. The Kier molecular flexibility index (Phi) is 4.42. The average molecular weight is 409 g/mol. The molecule has 1 amide bonds. The second-order valence-electron chi connectivity index (χ2n) is 6.23. The van der Waals surface area contributed by atoms with Crippen molar-refractivity contribution in [2.75, 3.05) is 16.8 Å². The fourth-order valence-corrected chi connectivity index (χ4v) is 3.32. The van der Waals surface area contributed by atoms with Crippen LogP contribution in [0, 0.1) is 6.92 Å². The van der Waals surface area contributed by atoms with Crippen LogP contribution in [-0.2, 0) is 6.42 Å². The SMILES string of the molecule is Cc1cc(Nc2ccc(C(=O)N3CCc4ccccc43)nn2)ccc1Br. The maximum absolute atomic E-state index is 12.8. The molecule has 0 spiro atoms. The summed E-state index contributed by atoms with van der Waals surface area (Å²) in [4.78, 5) is 14.5. The van der Waals surface area contributed by atoms with Gasteiger partial charge in [0.1, 0.15) is 0 Å². The van der Waals surface area contributed by atoms with Crippen molar-refractivity contribution in [2.24, 2.45) is 0 Å². The molecule has 0 aliphatic carbocycles. The summed E-state index contributed by atoms with van der Waals surface area (Å²) in [6, 6.07) is 17.4. The predicted octanol–water partition coefficient (Wildman–Crippen LogP) is 4.49. The van der Waals surface area contributed by atoms with Gasteiger partial charge in [0.05, 0.1) is 0 Å². The molecule has 5 nitrogen and oxygen atoms in total. The number of para-hydroxylation sites is 1. The van der Waals surface area contributed by atoms with Crippen molar-refractivity contribution < 1.29 is 4.79 Å². The molecule has 6 heteroatoms. The maximum Gasteiger partial charge on any atom is 0.278 e. The number of nitrogens with zero attached hydrogens (tertiary/aromatic N) is 3. The lowest BCUT2D eigenvalue weighted by Crippen LogP contribution is -2.29. The van der Waals surface area contributed by atoms with Gasteiger partial charge in [0, 0.05) is 22.4 Å². The third kappa shape index (κ3) is 3.20. The number of aryl methyl sites for hydroxylation is 1. The summed E-state index contributed by atoms with van der Waals surface area (Å²) in [5, 5.41) is 11.5. The van der Waals surface area contributed by atoms with Gasteiger partial charge in [0.2, 0.25) is 0 Å². The summed E-state index contributed by atoms with van der Waals surface area (Å²) in [5.41, 5.74) is 4.55. The number of halogens is 1. The molecular formula is C20H17BrN4O. The number of rotatable bonds is 3. The monoisotopic (exact) mass is 408 g/mol. The Balaban J connectivity index is 1.51. The first kappa shape index (κ1) is 16.7. The number of anilines is 3. The van der Waals surface area contributed by atoms with E-state index in [0.717, 1.165) is 27.8 Å². The van der Waals surface area contributed by atoms with E-state index in [1.54, 1.807) is 17.0 Å². The number of hydrogen-bond acceptors (Lipinski definition) is 4. The lowest BCUT2D eigenvalue weighted by Gasteiger charge is -2.16. The summed E-state index contributed by atoms with van der Waals surface area (Å²) in [6.45, 7) is 2.70. The predicted molar refractivity (Wildman–Crippen MR) is 106 cm³/mol. The van der Waals surface area contributed by atoms with E-state index in [1.165, 1.54) is 5.56 Å². The fourth-order valence-electron chi connectivity index (χ4n) is 3.07. The van der Waals surface area contributed by atoms with E-state index < -0.39 is 0 Å². The van der Waals surface area contributed by atoms with E-state index in [2.05, 4.69) is 37.5 Å². The maximum atomic E-state index is 12.8. The molecule has 1 aliphatic rings. The molecule has 0 unspecified atom stereocenters. The number of nitrogens with one attached hydrogen (secondary N) is 1. The van der Waals surface area contributed by atoms with Crippen LogP contribution in [0.1, 0.15) is 21.6 Å². The summed E-state index contributed by atoms with van der Waals surface area (Å²) in [6.07, 6.45) is 0.873. The van der Waals surface area contributed by atoms with Gasteiger partial charge >= 0.3 is 0 Å². The third-order valence-corrected chi connectivity index (χ3v) is 5.34. The number of fused-ring (bicyclic) bond motifs is 1. The zero-order valence-corrected chi connectivity index (χ0v) is 15.8. The van der Waals surface area contributed by atoms with Crippen molar-refractivity contribution in [2.45, 2.75) is 13.3 Å². The van der Waals surface area contributed by atoms with Crippen LogP contribution in [0.4, 0.5) is 17.2 Å². The molecule has 26 heavy (non-hydrogen) atoms. The molecule has 3 aromatic rings. The highest BCUT2D eigenvalue weighted by molar-refractivity contribution is 9.10. The Bertz CT molecular complexity index is 972. The van der Waals surface area contributed by atoms with E-state index in [9.17, 15) is 4.79 Å². The minimum absolute atomic E-state index is 0.117. The zero-order valence-electron chi connectivity index (χ0n) is 14.2. The Hall–Kier alpha value is -2.73. The molecule has 1 aromatic heterocycles. The van der Waals surface area contributed by atoms with E-state index in [-0.39, 0.29) is 5.91 Å². The number of carbonyl (C=O) groups is 1. The highest BCUT2D eigenvalue weighted by atomic mass is 79.9. The van der Waals surface area contributed by atoms with Crippen molar-refractivity contribution in [1.82, 2.24) is 10.2 Å². The minimum Gasteiger partial charge on any atom is -0.339 e. The molecule has 130 valence electrons. The van der Waals surface area contributed by atoms with Gasteiger partial charge < -0.3 is 10.2 Å². The van der Waals surface area contributed by atoms with E-state index in [0.29, 0.717) is 18.1 Å². The lowest BCUT2D eigenvalue weighted by molar-refractivity contribution is 0.0983. The largest absolute Gasteiger partial charge is 0.339 e. The molecule has 0 saturated heterocycles. The molecule has 0 saturated carbocycles. The first-order chi connectivity index (χ1) is 12.6. The quantitative estimate of drug-likeness (QED) is 0.693. The molecule has 4 rings (SSSR count). The van der Waals surface area contributed by atoms with Gasteiger partial charge in [-0.25, -0.2) is 0 Å². The molecule has 0 fully saturated rings.